The van der Waals surface area contributed by atoms with E-state index in [-0.39, 0.29) is 17.2 Å². The van der Waals surface area contributed by atoms with Crippen LogP contribution >= 0.6 is 0 Å². The van der Waals surface area contributed by atoms with Crippen molar-refractivity contribution >= 4 is 17.6 Å². The molecule has 1 fully saturated rings. The van der Waals surface area contributed by atoms with Gasteiger partial charge in [0, 0.05) is 6.42 Å². The Morgan fingerprint density at radius 3 is 2.95 bits per heavy atom. The minimum absolute atomic E-state index is 0.0209. The summed E-state index contributed by atoms with van der Waals surface area (Å²) in [5.74, 6) is -1.12. The van der Waals surface area contributed by atoms with Crippen molar-refractivity contribution in [3.63, 3.8) is 0 Å². The molecule has 0 bridgehead atoms. The van der Waals surface area contributed by atoms with E-state index >= 15 is 0 Å². The summed E-state index contributed by atoms with van der Waals surface area (Å²) < 4.78 is 17.8. The van der Waals surface area contributed by atoms with Crippen molar-refractivity contribution in [2.45, 2.75) is 19.3 Å². The average Bonchev–Trinajstić information content (AvgIpc) is 2.49. The quantitative estimate of drug-likeness (QED) is 0.833. The van der Waals surface area contributed by atoms with Gasteiger partial charge in [-0.2, -0.15) is 0 Å². The SMILES string of the molecule is COC(=O)c1cc(F)ccc1NC(=O)CC1CCCNC1. The number of methoxy groups -OCH3 is 1. The van der Waals surface area contributed by atoms with Gasteiger partial charge >= 0.3 is 5.97 Å². The summed E-state index contributed by atoms with van der Waals surface area (Å²) >= 11 is 0. The van der Waals surface area contributed by atoms with E-state index in [0.717, 1.165) is 32.0 Å². The number of hydrogen-bond acceptors (Lipinski definition) is 4. The van der Waals surface area contributed by atoms with Gasteiger partial charge in [0.05, 0.1) is 18.4 Å². The van der Waals surface area contributed by atoms with Gasteiger partial charge in [-0.1, -0.05) is 0 Å². The van der Waals surface area contributed by atoms with E-state index in [1.165, 1.54) is 19.2 Å². The minimum Gasteiger partial charge on any atom is -0.465 e. The molecule has 1 heterocycles. The Morgan fingerprint density at radius 1 is 1.48 bits per heavy atom. The third-order valence-electron chi connectivity index (χ3n) is 3.53. The molecule has 1 aromatic carbocycles. The molecule has 1 aromatic rings. The number of nitrogens with one attached hydrogen (secondary N) is 2. The van der Waals surface area contributed by atoms with Crippen molar-refractivity contribution in [3.05, 3.63) is 29.6 Å². The number of hydrogen-bond donors (Lipinski definition) is 2. The third-order valence-corrected chi connectivity index (χ3v) is 3.53. The second-order valence-electron chi connectivity index (χ2n) is 5.15. The van der Waals surface area contributed by atoms with Crippen LogP contribution in [-0.4, -0.2) is 32.1 Å². The zero-order valence-corrected chi connectivity index (χ0v) is 11.9. The van der Waals surface area contributed by atoms with Gasteiger partial charge in [-0.3, -0.25) is 4.79 Å². The van der Waals surface area contributed by atoms with Crippen LogP contribution in [0.5, 0.6) is 0 Å². The van der Waals surface area contributed by atoms with Crippen LogP contribution in [0.3, 0.4) is 0 Å². The predicted molar refractivity (Wildman–Crippen MR) is 76.6 cm³/mol. The van der Waals surface area contributed by atoms with Gasteiger partial charge in [0.15, 0.2) is 0 Å². The van der Waals surface area contributed by atoms with E-state index in [9.17, 15) is 14.0 Å². The molecular formula is C15H19FN2O3. The molecule has 21 heavy (non-hydrogen) atoms. The number of halogens is 1. The number of esters is 1. The maximum absolute atomic E-state index is 13.2. The summed E-state index contributed by atoms with van der Waals surface area (Å²) in [6.07, 6.45) is 2.45. The van der Waals surface area contributed by atoms with Crippen LogP contribution in [0.15, 0.2) is 18.2 Å². The van der Waals surface area contributed by atoms with Gasteiger partial charge in [0.1, 0.15) is 5.82 Å². The summed E-state index contributed by atoms with van der Waals surface area (Å²) in [5.41, 5.74) is 0.296. The minimum atomic E-state index is -0.677. The van der Waals surface area contributed by atoms with Gasteiger partial charge in [-0.05, 0) is 50.0 Å². The zero-order valence-electron chi connectivity index (χ0n) is 11.9. The second kappa shape index (κ2) is 7.17. The molecule has 1 atom stereocenters. The molecule has 0 saturated carbocycles. The molecule has 1 aliphatic rings. The van der Waals surface area contributed by atoms with Crippen molar-refractivity contribution in [2.24, 2.45) is 5.92 Å². The molecule has 6 heteroatoms. The van der Waals surface area contributed by atoms with Crippen molar-refractivity contribution in [2.75, 3.05) is 25.5 Å². The Balaban J connectivity index is 2.04. The molecule has 1 amide bonds. The van der Waals surface area contributed by atoms with Crippen molar-refractivity contribution in [3.8, 4) is 0 Å². The van der Waals surface area contributed by atoms with Gasteiger partial charge in [-0.25, -0.2) is 9.18 Å². The monoisotopic (exact) mass is 294 g/mol. The first-order valence-corrected chi connectivity index (χ1v) is 6.98. The van der Waals surface area contributed by atoms with E-state index < -0.39 is 11.8 Å². The molecule has 1 unspecified atom stereocenters. The number of carbonyl (C=O) groups excluding carboxylic acids is 2. The topological polar surface area (TPSA) is 67.4 Å². The van der Waals surface area contributed by atoms with E-state index in [1.807, 2.05) is 0 Å². The molecule has 0 aromatic heterocycles. The van der Waals surface area contributed by atoms with Crippen LogP contribution < -0.4 is 10.6 Å². The number of ether oxygens (including phenoxy) is 1. The van der Waals surface area contributed by atoms with Crippen LogP contribution in [0.4, 0.5) is 10.1 Å². The molecule has 5 nitrogen and oxygen atoms in total. The Kier molecular flexibility index (Phi) is 5.27. The number of rotatable bonds is 4. The number of amides is 1. The number of anilines is 1. The fourth-order valence-corrected chi connectivity index (χ4v) is 2.47. The lowest BCUT2D eigenvalue weighted by Gasteiger charge is -2.22. The molecule has 2 N–H and O–H groups in total. The molecule has 0 radical (unpaired) electrons. The Labute approximate surface area is 122 Å². The second-order valence-corrected chi connectivity index (χ2v) is 5.15. The number of carbonyl (C=O) groups is 2. The highest BCUT2D eigenvalue weighted by Crippen LogP contribution is 2.20. The van der Waals surface area contributed by atoms with Crippen LogP contribution in [0, 0.1) is 11.7 Å². The molecular weight excluding hydrogens is 275 g/mol. The Bertz CT molecular complexity index is 528. The summed E-state index contributed by atoms with van der Waals surface area (Å²) in [6.45, 7) is 1.81. The van der Waals surface area contributed by atoms with Crippen molar-refractivity contribution in [1.29, 1.82) is 0 Å². The van der Waals surface area contributed by atoms with Crippen LogP contribution in [0.2, 0.25) is 0 Å². The molecule has 0 aliphatic carbocycles. The first-order valence-electron chi connectivity index (χ1n) is 6.98. The van der Waals surface area contributed by atoms with Gasteiger partial charge in [0.2, 0.25) is 5.91 Å². The highest BCUT2D eigenvalue weighted by Gasteiger charge is 2.19. The van der Waals surface area contributed by atoms with E-state index in [0.29, 0.717) is 12.3 Å². The lowest BCUT2D eigenvalue weighted by Crippen LogP contribution is -2.32. The normalized spacial score (nSPS) is 18.1. The summed E-state index contributed by atoms with van der Waals surface area (Å²) in [7, 11) is 1.21. The Hall–Kier alpha value is -1.95. The van der Waals surface area contributed by atoms with E-state index in [2.05, 4.69) is 15.4 Å². The van der Waals surface area contributed by atoms with Crippen LogP contribution in [0.25, 0.3) is 0 Å². The first kappa shape index (κ1) is 15.4. The number of piperidine rings is 1. The lowest BCUT2D eigenvalue weighted by atomic mass is 9.96. The fourth-order valence-electron chi connectivity index (χ4n) is 2.47. The zero-order chi connectivity index (χ0) is 15.2. The van der Waals surface area contributed by atoms with Gasteiger partial charge < -0.3 is 15.4 Å². The highest BCUT2D eigenvalue weighted by atomic mass is 19.1. The molecule has 1 aliphatic heterocycles. The van der Waals surface area contributed by atoms with Crippen LogP contribution in [0.1, 0.15) is 29.6 Å². The smallest absolute Gasteiger partial charge is 0.340 e. The molecule has 114 valence electrons. The molecule has 0 spiro atoms. The maximum Gasteiger partial charge on any atom is 0.340 e. The summed E-state index contributed by atoms with van der Waals surface area (Å²) in [5, 5.41) is 5.91. The molecule has 2 rings (SSSR count). The fraction of sp³-hybridized carbons (Fsp3) is 0.467. The maximum atomic E-state index is 13.2. The summed E-state index contributed by atoms with van der Waals surface area (Å²) in [4.78, 5) is 23.7. The molecule has 1 saturated heterocycles. The van der Waals surface area contributed by atoms with Crippen molar-refractivity contribution < 1.29 is 18.7 Å². The number of benzene rings is 1. The van der Waals surface area contributed by atoms with Crippen LogP contribution in [-0.2, 0) is 9.53 Å². The van der Waals surface area contributed by atoms with Gasteiger partial charge in [-0.15, -0.1) is 0 Å². The Morgan fingerprint density at radius 2 is 2.29 bits per heavy atom. The highest BCUT2D eigenvalue weighted by molar-refractivity contribution is 6.01. The largest absolute Gasteiger partial charge is 0.465 e. The predicted octanol–water partition coefficient (Wildman–Crippen LogP) is 1.94. The van der Waals surface area contributed by atoms with Crippen molar-refractivity contribution in [1.82, 2.24) is 5.32 Å². The van der Waals surface area contributed by atoms with Gasteiger partial charge in [0.25, 0.3) is 0 Å². The van der Waals surface area contributed by atoms with E-state index in [1.54, 1.807) is 0 Å². The third kappa shape index (κ3) is 4.26. The summed E-state index contributed by atoms with van der Waals surface area (Å²) in [6, 6.07) is 3.63. The van der Waals surface area contributed by atoms with E-state index in [4.69, 9.17) is 0 Å². The first-order chi connectivity index (χ1) is 10.1. The standard InChI is InChI=1S/C15H19FN2O3/c1-21-15(20)12-8-11(16)4-5-13(12)18-14(19)7-10-3-2-6-17-9-10/h4-5,8,10,17H,2-3,6-7,9H2,1H3,(H,18,19). The lowest BCUT2D eigenvalue weighted by molar-refractivity contribution is -0.117. The average molecular weight is 294 g/mol.